The fourth-order valence-corrected chi connectivity index (χ4v) is 4.86. The van der Waals surface area contributed by atoms with Gasteiger partial charge in [0, 0.05) is 25.1 Å². The van der Waals surface area contributed by atoms with Gasteiger partial charge in [-0.3, -0.25) is 4.79 Å². The monoisotopic (exact) mass is 408 g/mol. The number of ether oxygens (including phenoxy) is 2. The van der Waals surface area contributed by atoms with Gasteiger partial charge in [-0.2, -0.15) is 4.31 Å². The van der Waals surface area contributed by atoms with Gasteiger partial charge in [-0.05, 0) is 37.1 Å². The molecule has 0 atom stereocenters. The normalized spacial score (nSPS) is 15.9. The lowest BCUT2D eigenvalue weighted by molar-refractivity contribution is -0.126. The zero-order valence-corrected chi connectivity index (χ0v) is 16.7. The van der Waals surface area contributed by atoms with Gasteiger partial charge in [-0.1, -0.05) is 0 Å². The number of furan rings is 1. The smallest absolute Gasteiger partial charge is 0.246 e. The summed E-state index contributed by atoms with van der Waals surface area (Å²) < 4.78 is 43.1. The van der Waals surface area contributed by atoms with E-state index >= 15 is 0 Å². The Kier molecular flexibility index (Phi) is 6.25. The molecule has 28 heavy (non-hydrogen) atoms. The van der Waals surface area contributed by atoms with E-state index in [1.165, 1.54) is 24.6 Å². The van der Waals surface area contributed by atoms with Crippen molar-refractivity contribution in [3.8, 4) is 11.5 Å². The van der Waals surface area contributed by atoms with Gasteiger partial charge in [0.2, 0.25) is 15.9 Å². The molecule has 1 amide bonds. The van der Waals surface area contributed by atoms with Crippen LogP contribution in [0.3, 0.4) is 0 Å². The summed E-state index contributed by atoms with van der Waals surface area (Å²) in [5.41, 5.74) is 0. The van der Waals surface area contributed by atoms with Gasteiger partial charge in [0.25, 0.3) is 0 Å². The number of benzene rings is 1. The summed E-state index contributed by atoms with van der Waals surface area (Å²) in [7, 11) is -0.848. The molecule has 1 aliphatic heterocycles. The van der Waals surface area contributed by atoms with E-state index in [0.717, 1.165) is 0 Å². The summed E-state index contributed by atoms with van der Waals surface area (Å²) in [6.07, 6.45) is 2.46. The first-order valence-electron chi connectivity index (χ1n) is 8.98. The molecule has 0 saturated carbocycles. The van der Waals surface area contributed by atoms with E-state index in [1.807, 2.05) is 0 Å². The average Bonchev–Trinajstić information content (AvgIpc) is 3.25. The number of rotatable bonds is 7. The molecule has 1 aromatic carbocycles. The minimum atomic E-state index is -3.75. The third-order valence-electron chi connectivity index (χ3n) is 4.83. The number of nitrogens with one attached hydrogen (secondary N) is 1. The number of amides is 1. The summed E-state index contributed by atoms with van der Waals surface area (Å²) >= 11 is 0. The van der Waals surface area contributed by atoms with Crippen LogP contribution >= 0.6 is 0 Å². The molecule has 2 heterocycles. The van der Waals surface area contributed by atoms with E-state index in [9.17, 15) is 13.2 Å². The van der Waals surface area contributed by atoms with Crippen molar-refractivity contribution in [3.63, 3.8) is 0 Å². The summed E-state index contributed by atoms with van der Waals surface area (Å²) in [6.45, 7) is 0.856. The molecule has 1 aliphatic rings. The molecule has 1 aromatic heterocycles. The third kappa shape index (κ3) is 4.31. The van der Waals surface area contributed by atoms with Gasteiger partial charge in [-0.15, -0.1) is 0 Å². The lowest BCUT2D eigenvalue weighted by atomic mass is 9.97. The molecule has 0 aliphatic carbocycles. The fourth-order valence-electron chi connectivity index (χ4n) is 3.21. The molecule has 0 spiro atoms. The van der Waals surface area contributed by atoms with Crippen LogP contribution in [0.1, 0.15) is 18.6 Å². The molecule has 3 rings (SSSR count). The second-order valence-corrected chi connectivity index (χ2v) is 8.40. The van der Waals surface area contributed by atoms with E-state index < -0.39 is 10.0 Å². The maximum absolute atomic E-state index is 13.1. The van der Waals surface area contributed by atoms with Gasteiger partial charge >= 0.3 is 0 Å². The molecule has 9 heteroatoms. The third-order valence-corrected chi connectivity index (χ3v) is 6.75. The van der Waals surface area contributed by atoms with Gasteiger partial charge in [-0.25, -0.2) is 8.42 Å². The van der Waals surface area contributed by atoms with Crippen molar-refractivity contribution in [1.82, 2.24) is 9.62 Å². The Hall–Kier alpha value is -2.52. The van der Waals surface area contributed by atoms with Crippen molar-refractivity contribution in [3.05, 3.63) is 42.4 Å². The molecular formula is C19H24N2O6S. The van der Waals surface area contributed by atoms with Crippen LogP contribution in [0.5, 0.6) is 11.5 Å². The molecule has 1 saturated heterocycles. The van der Waals surface area contributed by atoms with E-state index in [4.69, 9.17) is 13.9 Å². The first-order valence-corrected chi connectivity index (χ1v) is 10.4. The highest BCUT2D eigenvalue weighted by Gasteiger charge is 2.34. The van der Waals surface area contributed by atoms with Crippen LogP contribution in [0.2, 0.25) is 0 Å². The quantitative estimate of drug-likeness (QED) is 0.753. The lowest BCUT2D eigenvalue weighted by Crippen LogP contribution is -2.42. The SMILES string of the molecule is COc1ccc(OC)c(S(=O)(=O)N2CCC(C(=O)NCc3ccco3)CC2)c1. The van der Waals surface area contributed by atoms with Crippen LogP contribution in [0.4, 0.5) is 0 Å². The van der Waals surface area contributed by atoms with Crippen molar-refractivity contribution >= 4 is 15.9 Å². The summed E-state index contributed by atoms with van der Waals surface area (Å²) in [5.74, 6) is 1.06. The zero-order chi connectivity index (χ0) is 20.1. The van der Waals surface area contributed by atoms with Crippen LogP contribution < -0.4 is 14.8 Å². The molecule has 2 aromatic rings. The maximum atomic E-state index is 13.1. The predicted octanol–water partition coefficient (Wildman–Crippen LogP) is 2.01. The minimum absolute atomic E-state index is 0.0649. The largest absolute Gasteiger partial charge is 0.497 e. The summed E-state index contributed by atoms with van der Waals surface area (Å²) in [4.78, 5) is 12.4. The van der Waals surface area contributed by atoms with Crippen LogP contribution in [0.25, 0.3) is 0 Å². The van der Waals surface area contributed by atoms with E-state index in [-0.39, 0.29) is 35.6 Å². The van der Waals surface area contributed by atoms with Crippen molar-refractivity contribution in [2.24, 2.45) is 5.92 Å². The standard InChI is InChI=1S/C19H24N2O6S/c1-25-15-5-6-17(26-2)18(12-15)28(23,24)21-9-7-14(8-10-21)19(22)20-13-16-4-3-11-27-16/h3-6,11-12,14H,7-10,13H2,1-2H3,(H,20,22). The van der Waals surface area contributed by atoms with E-state index in [0.29, 0.717) is 30.9 Å². The Morgan fingerprint density at radius 2 is 1.96 bits per heavy atom. The lowest BCUT2D eigenvalue weighted by Gasteiger charge is -2.30. The predicted molar refractivity (Wildman–Crippen MR) is 102 cm³/mol. The first kappa shape index (κ1) is 20.2. The molecule has 1 fully saturated rings. The highest BCUT2D eigenvalue weighted by atomic mass is 32.2. The Morgan fingerprint density at radius 3 is 2.57 bits per heavy atom. The van der Waals surface area contributed by atoms with Gasteiger partial charge in [0.1, 0.15) is 22.2 Å². The number of piperidine rings is 1. The molecule has 0 bridgehead atoms. The number of carbonyl (C=O) groups is 1. The zero-order valence-electron chi connectivity index (χ0n) is 15.9. The van der Waals surface area contributed by atoms with E-state index in [1.54, 1.807) is 30.5 Å². The molecular weight excluding hydrogens is 384 g/mol. The molecule has 0 radical (unpaired) electrons. The summed E-state index contributed by atoms with van der Waals surface area (Å²) in [6, 6.07) is 8.22. The van der Waals surface area contributed by atoms with Gasteiger partial charge in [0.05, 0.1) is 27.0 Å². The van der Waals surface area contributed by atoms with Crippen LogP contribution in [-0.4, -0.2) is 45.9 Å². The second kappa shape index (κ2) is 8.66. The van der Waals surface area contributed by atoms with Crippen LogP contribution in [0, 0.1) is 5.92 Å². The minimum Gasteiger partial charge on any atom is -0.497 e. The topological polar surface area (TPSA) is 98.1 Å². The molecule has 1 N–H and O–H groups in total. The number of methoxy groups -OCH3 is 2. The molecule has 8 nitrogen and oxygen atoms in total. The van der Waals surface area contributed by atoms with Gasteiger partial charge < -0.3 is 19.2 Å². The highest BCUT2D eigenvalue weighted by molar-refractivity contribution is 7.89. The Labute approximate surface area is 164 Å². The highest BCUT2D eigenvalue weighted by Crippen LogP contribution is 2.32. The fraction of sp³-hybridized carbons (Fsp3) is 0.421. The number of carbonyl (C=O) groups excluding carboxylic acids is 1. The van der Waals surface area contributed by atoms with E-state index in [2.05, 4.69) is 5.32 Å². The first-order chi connectivity index (χ1) is 13.5. The Balaban J connectivity index is 1.64. The Bertz CT molecular complexity index is 903. The number of nitrogens with zero attached hydrogens (tertiary/aromatic N) is 1. The number of sulfonamides is 1. The maximum Gasteiger partial charge on any atom is 0.246 e. The average molecular weight is 408 g/mol. The number of hydrogen-bond donors (Lipinski definition) is 1. The van der Waals surface area contributed by atoms with Crippen molar-refractivity contribution in [1.29, 1.82) is 0 Å². The summed E-state index contributed by atoms with van der Waals surface area (Å²) in [5, 5.41) is 2.84. The molecule has 152 valence electrons. The van der Waals surface area contributed by atoms with Crippen LogP contribution in [-0.2, 0) is 21.4 Å². The van der Waals surface area contributed by atoms with Crippen molar-refractivity contribution in [2.45, 2.75) is 24.3 Å². The Morgan fingerprint density at radius 1 is 1.21 bits per heavy atom. The van der Waals surface area contributed by atoms with Gasteiger partial charge in [0.15, 0.2) is 0 Å². The second-order valence-electron chi connectivity index (χ2n) is 6.49. The molecule has 0 unspecified atom stereocenters. The van der Waals surface area contributed by atoms with Crippen LogP contribution in [0.15, 0.2) is 45.9 Å². The van der Waals surface area contributed by atoms with Crippen molar-refractivity contribution in [2.75, 3.05) is 27.3 Å². The number of hydrogen-bond acceptors (Lipinski definition) is 6. The van der Waals surface area contributed by atoms with Crippen molar-refractivity contribution < 1.29 is 27.1 Å².